The highest BCUT2D eigenvalue weighted by molar-refractivity contribution is 5.45. The molecule has 1 atom stereocenters. The molecule has 0 bridgehead atoms. The van der Waals surface area contributed by atoms with Gasteiger partial charge in [-0.15, -0.1) is 0 Å². The number of anilines is 3. The van der Waals surface area contributed by atoms with E-state index in [1.54, 1.807) is 0 Å². The highest BCUT2D eigenvalue weighted by atomic mass is 16.3. The highest BCUT2D eigenvalue weighted by Crippen LogP contribution is 2.41. The molecule has 2 aliphatic rings. The second-order valence-corrected chi connectivity index (χ2v) is 9.00. The number of aliphatic hydroxyl groups is 1. The molecule has 1 unspecified atom stereocenters. The van der Waals surface area contributed by atoms with Gasteiger partial charge in [0.25, 0.3) is 0 Å². The number of nitrogens with one attached hydrogen (secondary N) is 2. The van der Waals surface area contributed by atoms with Crippen LogP contribution < -0.4 is 15.5 Å². The van der Waals surface area contributed by atoms with Gasteiger partial charge in [-0.05, 0) is 38.0 Å². The van der Waals surface area contributed by atoms with Crippen LogP contribution in [0.15, 0.2) is 12.3 Å². The molecule has 156 valence electrons. The summed E-state index contributed by atoms with van der Waals surface area (Å²) in [5.74, 6) is 2.20. The molecular weight excluding hydrogens is 366 g/mol. The van der Waals surface area contributed by atoms with Crippen molar-refractivity contribution < 1.29 is 5.11 Å². The van der Waals surface area contributed by atoms with E-state index in [1.165, 1.54) is 0 Å². The molecule has 29 heavy (non-hydrogen) atoms. The first-order chi connectivity index (χ1) is 13.8. The van der Waals surface area contributed by atoms with Crippen LogP contribution in [0.3, 0.4) is 0 Å². The molecule has 2 aromatic rings. The summed E-state index contributed by atoms with van der Waals surface area (Å²) in [7, 11) is 1.86. The first-order valence-corrected chi connectivity index (χ1v) is 10.4. The Morgan fingerprint density at radius 2 is 1.93 bits per heavy atom. The third-order valence-corrected chi connectivity index (χ3v) is 5.83. The molecule has 0 spiro atoms. The van der Waals surface area contributed by atoms with E-state index in [9.17, 15) is 5.11 Å². The minimum Gasteiger partial charge on any atom is -0.393 e. The van der Waals surface area contributed by atoms with Crippen LogP contribution in [0.1, 0.15) is 56.1 Å². The molecule has 1 saturated heterocycles. The van der Waals surface area contributed by atoms with Crippen molar-refractivity contribution in [2.24, 2.45) is 5.41 Å². The zero-order chi connectivity index (χ0) is 20.6. The number of aliphatic hydroxyl groups excluding tert-OH is 1. The molecule has 1 aliphatic carbocycles. The molecule has 8 nitrogen and oxygen atoms in total. The van der Waals surface area contributed by atoms with Gasteiger partial charge in [-0.1, -0.05) is 13.8 Å². The van der Waals surface area contributed by atoms with E-state index in [0.29, 0.717) is 5.95 Å². The Labute approximate surface area is 172 Å². The number of rotatable bonds is 4. The number of fused-ring (bicyclic) bond motifs is 1. The number of hydrogen-bond acceptors (Lipinski definition) is 8. The Bertz CT molecular complexity index is 877. The summed E-state index contributed by atoms with van der Waals surface area (Å²) in [6, 6.07) is 1.99. The van der Waals surface area contributed by atoms with Gasteiger partial charge in [-0.3, -0.25) is 0 Å². The zero-order valence-corrected chi connectivity index (χ0v) is 17.7. The molecule has 1 aliphatic heterocycles. The second kappa shape index (κ2) is 7.74. The molecular formula is C21H31N7O. The Morgan fingerprint density at radius 1 is 1.17 bits per heavy atom. The Kier molecular flexibility index (Phi) is 5.29. The van der Waals surface area contributed by atoms with Crippen molar-refractivity contribution >= 4 is 17.7 Å². The number of aromatic nitrogens is 4. The lowest BCUT2D eigenvalue weighted by Gasteiger charge is -2.37. The van der Waals surface area contributed by atoms with E-state index in [1.807, 2.05) is 26.2 Å². The van der Waals surface area contributed by atoms with Gasteiger partial charge in [0.1, 0.15) is 5.82 Å². The van der Waals surface area contributed by atoms with Crippen molar-refractivity contribution in [3.05, 3.63) is 29.2 Å². The summed E-state index contributed by atoms with van der Waals surface area (Å²) in [5, 5.41) is 16.4. The van der Waals surface area contributed by atoms with Gasteiger partial charge in [0.2, 0.25) is 11.9 Å². The lowest BCUT2D eigenvalue weighted by Crippen LogP contribution is -2.38. The standard InChI is InChI=1S/C21H31N7O/c1-13-9-18(22-4)27-19(24-13)25-16-10-21(2,3)11-17-15(16)12-23-20(26-17)28-7-5-14(29)6-8-28/h9,12,14,16,29H,5-8,10-11H2,1-4H3,(H2,22,24,25,27). The van der Waals surface area contributed by atoms with E-state index in [-0.39, 0.29) is 17.6 Å². The Morgan fingerprint density at radius 3 is 2.66 bits per heavy atom. The number of nitrogens with zero attached hydrogens (tertiary/aromatic N) is 5. The minimum absolute atomic E-state index is 0.0671. The van der Waals surface area contributed by atoms with Crippen molar-refractivity contribution in [1.29, 1.82) is 0 Å². The molecule has 0 aromatic carbocycles. The average molecular weight is 398 g/mol. The van der Waals surface area contributed by atoms with E-state index < -0.39 is 0 Å². The quantitative estimate of drug-likeness (QED) is 0.724. The highest BCUT2D eigenvalue weighted by Gasteiger charge is 2.34. The van der Waals surface area contributed by atoms with Gasteiger partial charge >= 0.3 is 0 Å². The summed E-state index contributed by atoms with van der Waals surface area (Å²) in [6.07, 6.45) is 5.19. The molecule has 2 aromatic heterocycles. The van der Waals surface area contributed by atoms with Crippen LogP contribution in [0.25, 0.3) is 0 Å². The molecule has 0 amide bonds. The molecule has 0 radical (unpaired) electrons. The lowest BCUT2D eigenvalue weighted by molar-refractivity contribution is 0.145. The smallest absolute Gasteiger partial charge is 0.225 e. The van der Waals surface area contributed by atoms with Gasteiger partial charge in [0.05, 0.1) is 17.8 Å². The van der Waals surface area contributed by atoms with Crippen LogP contribution in [0, 0.1) is 12.3 Å². The molecule has 4 rings (SSSR count). The Balaban J connectivity index is 1.61. The van der Waals surface area contributed by atoms with Crippen molar-refractivity contribution in [1.82, 2.24) is 19.9 Å². The van der Waals surface area contributed by atoms with Crippen molar-refractivity contribution in [3.63, 3.8) is 0 Å². The van der Waals surface area contributed by atoms with Crippen LogP contribution in [-0.4, -0.2) is 51.3 Å². The summed E-state index contributed by atoms with van der Waals surface area (Å²) in [6.45, 7) is 8.13. The summed E-state index contributed by atoms with van der Waals surface area (Å²) in [5.41, 5.74) is 3.25. The van der Waals surface area contributed by atoms with Gasteiger partial charge in [0.15, 0.2) is 0 Å². The maximum atomic E-state index is 9.77. The predicted molar refractivity (Wildman–Crippen MR) is 114 cm³/mol. The first kappa shape index (κ1) is 19.8. The van der Waals surface area contributed by atoms with Crippen molar-refractivity contribution in [2.45, 2.75) is 58.6 Å². The number of hydrogen-bond donors (Lipinski definition) is 3. The molecule has 8 heteroatoms. The monoisotopic (exact) mass is 397 g/mol. The van der Waals surface area contributed by atoms with E-state index in [4.69, 9.17) is 4.98 Å². The van der Waals surface area contributed by atoms with Crippen molar-refractivity contribution in [3.8, 4) is 0 Å². The van der Waals surface area contributed by atoms with Crippen LogP contribution in [0.2, 0.25) is 0 Å². The fraction of sp³-hybridized carbons (Fsp3) is 0.619. The fourth-order valence-electron chi connectivity index (χ4n) is 4.30. The summed E-state index contributed by atoms with van der Waals surface area (Å²) in [4.78, 5) is 20.9. The number of piperidine rings is 1. The van der Waals surface area contributed by atoms with Crippen LogP contribution in [0.4, 0.5) is 17.7 Å². The van der Waals surface area contributed by atoms with Crippen LogP contribution >= 0.6 is 0 Å². The third-order valence-electron chi connectivity index (χ3n) is 5.83. The van der Waals surface area contributed by atoms with Gasteiger partial charge in [-0.2, -0.15) is 4.98 Å². The van der Waals surface area contributed by atoms with Crippen LogP contribution in [-0.2, 0) is 6.42 Å². The number of aryl methyl sites for hydroxylation is 1. The van der Waals surface area contributed by atoms with Gasteiger partial charge < -0.3 is 20.6 Å². The van der Waals surface area contributed by atoms with E-state index in [2.05, 4.69) is 44.3 Å². The lowest BCUT2D eigenvalue weighted by atomic mass is 9.74. The van der Waals surface area contributed by atoms with Gasteiger partial charge in [-0.25, -0.2) is 15.0 Å². The average Bonchev–Trinajstić information content (AvgIpc) is 2.66. The molecule has 1 fully saturated rings. The normalized spacial score (nSPS) is 21.6. The van der Waals surface area contributed by atoms with E-state index in [0.717, 1.165) is 67.5 Å². The molecule has 0 saturated carbocycles. The van der Waals surface area contributed by atoms with Crippen molar-refractivity contribution in [2.75, 3.05) is 35.7 Å². The summed E-state index contributed by atoms with van der Waals surface area (Å²) < 4.78 is 0. The molecule has 3 N–H and O–H groups in total. The Hall–Kier alpha value is -2.48. The fourth-order valence-corrected chi connectivity index (χ4v) is 4.30. The predicted octanol–water partition coefficient (Wildman–Crippen LogP) is 2.70. The third kappa shape index (κ3) is 4.42. The largest absolute Gasteiger partial charge is 0.393 e. The first-order valence-electron chi connectivity index (χ1n) is 10.4. The zero-order valence-electron chi connectivity index (χ0n) is 17.7. The molecule has 3 heterocycles. The second-order valence-electron chi connectivity index (χ2n) is 9.00. The topological polar surface area (TPSA) is 99.1 Å². The van der Waals surface area contributed by atoms with Crippen LogP contribution in [0.5, 0.6) is 0 Å². The maximum absolute atomic E-state index is 9.77. The maximum Gasteiger partial charge on any atom is 0.225 e. The van der Waals surface area contributed by atoms with Gasteiger partial charge in [0, 0.05) is 43.7 Å². The van der Waals surface area contributed by atoms with E-state index >= 15 is 0 Å². The SMILES string of the molecule is CNc1cc(C)nc(NC2CC(C)(C)Cc3nc(N4CCC(O)CC4)ncc32)n1. The minimum atomic E-state index is -0.201. The summed E-state index contributed by atoms with van der Waals surface area (Å²) >= 11 is 0.